The Morgan fingerprint density at radius 3 is 3.22 bits per heavy atom. The molecule has 98 valence electrons. The summed E-state index contributed by atoms with van der Waals surface area (Å²) in [7, 11) is 0. The van der Waals surface area contributed by atoms with Gasteiger partial charge in [0.05, 0.1) is 13.2 Å². The Kier molecular flexibility index (Phi) is 3.93. The predicted molar refractivity (Wildman–Crippen MR) is 67.3 cm³/mol. The molecule has 2 rings (SSSR count). The Labute approximate surface area is 105 Å². The number of amides is 1. The van der Waals surface area contributed by atoms with Gasteiger partial charge in [0.15, 0.2) is 0 Å². The third kappa shape index (κ3) is 2.67. The normalized spacial score (nSPS) is 19.6. The second-order valence-corrected chi connectivity index (χ2v) is 3.98. The number of nitrogens with one attached hydrogen (secondary N) is 1. The molecule has 1 aliphatic rings. The van der Waals surface area contributed by atoms with Crippen molar-refractivity contribution < 1.29 is 9.53 Å². The van der Waals surface area contributed by atoms with Crippen molar-refractivity contribution in [3.05, 3.63) is 12.4 Å². The Morgan fingerprint density at radius 2 is 2.50 bits per heavy atom. The Morgan fingerprint density at radius 1 is 1.67 bits per heavy atom. The lowest BCUT2D eigenvalue weighted by Gasteiger charge is -2.34. The second kappa shape index (κ2) is 5.63. The smallest absolute Gasteiger partial charge is 0.242 e. The first-order chi connectivity index (χ1) is 8.72. The minimum absolute atomic E-state index is 0.301. The molecule has 3 N–H and O–H groups in total. The molecular formula is C11H17N5O2. The number of nitrogens with two attached hydrogens (primary N) is 1. The van der Waals surface area contributed by atoms with Gasteiger partial charge >= 0.3 is 0 Å². The minimum Gasteiger partial charge on any atom is -0.377 e. The molecule has 0 saturated carbocycles. The van der Waals surface area contributed by atoms with Crippen LogP contribution >= 0.6 is 0 Å². The molecule has 18 heavy (non-hydrogen) atoms. The molecule has 0 spiro atoms. The molecule has 1 aliphatic heterocycles. The van der Waals surface area contributed by atoms with Crippen LogP contribution in [-0.4, -0.2) is 48.2 Å². The number of hydrogen-bond donors (Lipinski definition) is 2. The van der Waals surface area contributed by atoms with Gasteiger partial charge in [0.2, 0.25) is 5.91 Å². The quantitative estimate of drug-likeness (QED) is 0.756. The van der Waals surface area contributed by atoms with Crippen molar-refractivity contribution in [2.24, 2.45) is 5.73 Å². The van der Waals surface area contributed by atoms with Gasteiger partial charge in [-0.2, -0.15) is 0 Å². The van der Waals surface area contributed by atoms with Crippen LogP contribution in [0, 0.1) is 0 Å². The summed E-state index contributed by atoms with van der Waals surface area (Å²) in [4.78, 5) is 21.5. The van der Waals surface area contributed by atoms with E-state index in [4.69, 9.17) is 10.5 Å². The van der Waals surface area contributed by atoms with Crippen LogP contribution in [0.15, 0.2) is 12.4 Å². The van der Waals surface area contributed by atoms with Crippen molar-refractivity contribution in [1.82, 2.24) is 9.97 Å². The molecule has 1 unspecified atom stereocenters. The van der Waals surface area contributed by atoms with E-state index in [0.717, 1.165) is 12.4 Å². The van der Waals surface area contributed by atoms with E-state index < -0.39 is 11.9 Å². The lowest BCUT2D eigenvalue weighted by atomic mass is 10.2. The van der Waals surface area contributed by atoms with E-state index in [1.807, 2.05) is 17.9 Å². The van der Waals surface area contributed by atoms with Gasteiger partial charge < -0.3 is 20.7 Å². The van der Waals surface area contributed by atoms with Gasteiger partial charge in [0, 0.05) is 19.2 Å². The van der Waals surface area contributed by atoms with Crippen LogP contribution in [0.3, 0.4) is 0 Å². The Hall–Kier alpha value is -1.89. The van der Waals surface area contributed by atoms with E-state index >= 15 is 0 Å². The van der Waals surface area contributed by atoms with Gasteiger partial charge in [-0.25, -0.2) is 9.97 Å². The topological polar surface area (TPSA) is 93.4 Å². The molecule has 0 bridgehead atoms. The third-order valence-corrected chi connectivity index (χ3v) is 2.76. The van der Waals surface area contributed by atoms with Crippen molar-refractivity contribution in [2.45, 2.75) is 13.0 Å². The number of rotatable bonds is 4. The minimum atomic E-state index is -0.469. The first-order valence-electron chi connectivity index (χ1n) is 5.92. The van der Waals surface area contributed by atoms with Gasteiger partial charge in [0.25, 0.3) is 0 Å². The molecule has 1 aromatic heterocycles. The molecule has 0 radical (unpaired) electrons. The standard InChI is InChI=1S/C11H17N5O2/c1-2-13-9-5-10(15-7-14-9)16-3-4-18-6-8(16)11(12)17/h5,7-8H,2-4,6H2,1H3,(H2,12,17)(H,13,14,15). The Balaban J connectivity index is 2.22. The number of primary amides is 1. The van der Waals surface area contributed by atoms with Crippen LogP contribution in [0.1, 0.15) is 6.92 Å². The fourth-order valence-corrected chi connectivity index (χ4v) is 1.90. The van der Waals surface area contributed by atoms with Crippen LogP contribution in [-0.2, 0) is 9.53 Å². The van der Waals surface area contributed by atoms with Crippen molar-refractivity contribution in [1.29, 1.82) is 0 Å². The van der Waals surface area contributed by atoms with Crippen LogP contribution < -0.4 is 16.0 Å². The summed E-state index contributed by atoms with van der Waals surface area (Å²) >= 11 is 0. The first kappa shape index (κ1) is 12.6. The average molecular weight is 251 g/mol. The zero-order valence-corrected chi connectivity index (χ0v) is 10.3. The van der Waals surface area contributed by atoms with Gasteiger partial charge in [-0.3, -0.25) is 4.79 Å². The van der Waals surface area contributed by atoms with Crippen LogP contribution in [0.4, 0.5) is 11.6 Å². The monoisotopic (exact) mass is 251 g/mol. The van der Waals surface area contributed by atoms with E-state index in [9.17, 15) is 4.79 Å². The van der Waals surface area contributed by atoms with Gasteiger partial charge in [-0.15, -0.1) is 0 Å². The fourth-order valence-electron chi connectivity index (χ4n) is 1.90. The summed E-state index contributed by atoms with van der Waals surface area (Å²) in [6.07, 6.45) is 1.47. The van der Waals surface area contributed by atoms with E-state index in [1.165, 1.54) is 6.33 Å². The molecule has 0 aliphatic carbocycles. The number of ether oxygens (including phenoxy) is 1. The summed E-state index contributed by atoms with van der Waals surface area (Å²) in [5.74, 6) is 1.02. The van der Waals surface area contributed by atoms with Crippen molar-refractivity contribution in [3.8, 4) is 0 Å². The molecule has 1 atom stereocenters. The van der Waals surface area contributed by atoms with Crippen LogP contribution in [0.2, 0.25) is 0 Å². The highest BCUT2D eigenvalue weighted by Gasteiger charge is 2.28. The molecule has 1 fully saturated rings. The Bertz CT molecular complexity index is 426. The summed E-state index contributed by atoms with van der Waals surface area (Å²) in [5.41, 5.74) is 5.37. The number of aromatic nitrogens is 2. The van der Waals surface area contributed by atoms with Gasteiger partial charge in [0.1, 0.15) is 24.0 Å². The maximum atomic E-state index is 11.4. The summed E-state index contributed by atoms with van der Waals surface area (Å²) in [6, 6.07) is 1.34. The molecule has 2 heterocycles. The SMILES string of the molecule is CCNc1cc(N2CCOCC2C(N)=O)ncn1. The summed E-state index contributed by atoms with van der Waals surface area (Å²) < 4.78 is 5.27. The number of nitrogens with zero attached hydrogens (tertiary/aromatic N) is 3. The fraction of sp³-hybridized carbons (Fsp3) is 0.545. The highest BCUT2D eigenvalue weighted by molar-refractivity contribution is 5.83. The predicted octanol–water partition coefficient (Wildman–Crippen LogP) is -0.401. The third-order valence-electron chi connectivity index (χ3n) is 2.76. The number of carbonyl (C=O) groups is 1. The lowest BCUT2D eigenvalue weighted by molar-refractivity contribution is -0.121. The second-order valence-electron chi connectivity index (χ2n) is 3.98. The van der Waals surface area contributed by atoms with E-state index in [2.05, 4.69) is 15.3 Å². The average Bonchev–Trinajstić information content (AvgIpc) is 2.39. The zero-order valence-electron chi connectivity index (χ0n) is 10.3. The van der Waals surface area contributed by atoms with Crippen LogP contribution in [0.25, 0.3) is 0 Å². The highest BCUT2D eigenvalue weighted by atomic mass is 16.5. The molecule has 1 amide bonds. The zero-order chi connectivity index (χ0) is 13.0. The molecule has 7 heteroatoms. The highest BCUT2D eigenvalue weighted by Crippen LogP contribution is 2.19. The first-order valence-corrected chi connectivity index (χ1v) is 5.92. The number of morpholine rings is 1. The number of carbonyl (C=O) groups excluding carboxylic acids is 1. The van der Waals surface area contributed by atoms with Crippen molar-refractivity contribution in [3.63, 3.8) is 0 Å². The number of anilines is 2. The van der Waals surface area contributed by atoms with Crippen molar-refractivity contribution >= 4 is 17.5 Å². The van der Waals surface area contributed by atoms with E-state index in [1.54, 1.807) is 0 Å². The van der Waals surface area contributed by atoms with Crippen LogP contribution in [0.5, 0.6) is 0 Å². The molecule has 1 aromatic rings. The largest absolute Gasteiger partial charge is 0.377 e. The molecule has 7 nitrogen and oxygen atoms in total. The van der Waals surface area contributed by atoms with E-state index in [-0.39, 0.29) is 0 Å². The number of hydrogen-bond acceptors (Lipinski definition) is 6. The summed E-state index contributed by atoms with van der Waals surface area (Å²) in [6.45, 7) is 4.22. The lowest BCUT2D eigenvalue weighted by Crippen LogP contribution is -2.53. The molecule has 0 aromatic carbocycles. The maximum absolute atomic E-state index is 11.4. The van der Waals surface area contributed by atoms with Gasteiger partial charge in [-0.05, 0) is 6.92 Å². The van der Waals surface area contributed by atoms with E-state index in [0.29, 0.717) is 25.6 Å². The van der Waals surface area contributed by atoms with Crippen molar-refractivity contribution in [2.75, 3.05) is 36.5 Å². The molecular weight excluding hydrogens is 234 g/mol. The maximum Gasteiger partial charge on any atom is 0.242 e. The van der Waals surface area contributed by atoms with Gasteiger partial charge in [-0.1, -0.05) is 0 Å². The summed E-state index contributed by atoms with van der Waals surface area (Å²) in [5, 5.41) is 3.11. The molecule has 1 saturated heterocycles.